The highest BCUT2D eigenvalue weighted by Gasteiger charge is 2.32. The van der Waals surface area contributed by atoms with Gasteiger partial charge in [-0.05, 0) is 0 Å². The lowest BCUT2D eigenvalue weighted by atomic mass is 10.5. The average Bonchev–Trinajstić information content (AvgIpc) is 2.63. The van der Waals surface area contributed by atoms with Gasteiger partial charge in [0.15, 0.2) is 0 Å². The minimum atomic E-state index is -4.41. The summed E-state index contributed by atoms with van der Waals surface area (Å²) in [7, 11) is 0. The van der Waals surface area contributed by atoms with Crippen LogP contribution >= 0.6 is 0 Å². The fourth-order valence-corrected chi connectivity index (χ4v) is 1.09. The first-order valence-electron chi connectivity index (χ1n) is 4.44. The molecule has 16 heavy (non-hydrogen) atoms. The molecule has 0 saturated carbocycles. The van der Waals surface area contributed by atoms with Gasteiger partial charge in [-0.15, -0.1) is 0 Å². The van der Waals surface area contributed by atoms with E-state index in [0.717, 1.165) is 11.2 Å². The molecule has 0 radical (unpaired) electrons. The zero-order chi connectivity index (χ0) is 12.2. The van der Waals surface area contributed by atoms with Crippen LogP contribution in [-0.2, 0) is 6.61 Å². The third-order valence-electron chi connectivity index (χ3n) is 1.71. The van der Waals surface area contributed by atoms with Gasteiger partial charge in [0.2, 0.25) is 0 Å². The highest BCUT2D eigenvalue weighted by molar-refractivity contribution is 5.27. The van der Waals surface area contributed by atoms with E-state index in [2.05, 4.69) is 4.98 Å². The number of nitrogens with zero attached hydrogens (tertiary/aromatic N) is 2. The molecule has 1 heterocycles. The van der Waals surface area contributed by atoms with E-state index in [9.17, 15) is 13.2 Å². The lowest BCUT2D eigenvalue weighted by Gasteiger charge is -2.20. The van der Waals surface area contributed by atoms with Crippen LogP contribution in [0.4, 0.5) is 19.2 Å². The van der Waals surface area contributed by atoms with Crippen molar-refractivity contribution in [2.24, 2.45) is 0 Å². The molecule has 1 rings (SSSR count). The predicted molar refractivity (Wildman–Crippen MR) is 47.8 cm³/mol. The molecule has 0 aliphatic heterocycles. The van der Waals surface area contributed by atoms with Crippen molar-refractivity contribution in [3.05, 3.63) is 12.0 Å². The minimum absolute atomic E-state index is 0.139. The molecule has 0 aliphatic rings. The molecule has 92 valence electrons. The summed E-state index contributed by atoms with van der Waals surface area (Å²) in [6.45, 7) is -2.38. The van der Waals surface area contributed by atoms with Gasteiger partial charge < -0.3 is 19.5 Å². The highest BCUT2D eigenvalue weighted by Crippen LogP contribution is 2.21. The lowest BCUT2D eigenvalue weighted by Crippen LogP contribution is -2.36. The topological polar surface area (TPSA) is 69.7 Å². The molecule has 0 spiro atoms. The molecule has 0 atom stereocenters. The maximum absolute atomic E-state index is 12.2. The third-order valence-corrected chi connectivity index (χ3v) is 1.71. The van der Waals surface area contributed by atoms with Crippen LogP contribution in [0.1, 0.15) is 5.69 Å². The van der Waals surface area contributed by atoms with E-state index < -0.39 is 25.9 Å². The molecule has 0 amide bonds. The van der Waals surface area contributed by atoms with E-state index in [0.29, 0.717) is 0 Å². The zero-order valence-electron chi connectivity index (χ0n) is 8.24. The Labute approximate surface area is 89.1 Å². The van der Waals surface area contributed by atoms with Crippen molar-refractivity contribution in [2.45, 2.75) is 12.8 Å². The zero-order valence-corrected chi connectivity index (χ0v) is 8.24. The monoisotopic (exact) mass is 240 g/mol. The van der Waals surface area contributed by atoms with Crippen molar-refractivity contribution in [3.8, 4) is 0 Å². The van der Waals surface area contributed by atoms with Crippen LogP contribution in [0.15, 0.2) is 10.7 Å². The number of anilines is 1. The molecule has 0 aromatic carbocycles. The quantitative estimate of drug-likeness (QED) is 0.785. The van der Waals surface area contributed by atoms with E-state index in [1.54, 1.807) is 0 Å². The fraction of sp³-hybridized carbons (Fsp3) is 0.625. The molecule has 0 saturated heterocycles. The first-order valence-corrected chi connectivity index (χ1v) is 4.44. The average molecular weight is 240 g/mol. The van der Waals surface area contributed by atoms with Crippen molar-refractivity contribution >= 4 is 6.01 Å². The van der Waals surface area contributed by atoms with Crippen molar-refractivity contribution in [3.63, 3.8) is 0 Å². The van der Waals surface area contributed by atoms with E-state index in [-0.39, 0.29) is 18.3 Å². The smallest absolute Gasteiger partial charge is 0.406 e. The van der Waals surface area contributed by atoms with Gasteiger partial charge in [0.25, 0.3) is 6.01 Å². The summed E-state index contributed by atoms with van der Waals surface area (Å²) < 4.78 is 41.2. The normalized spacial score (nSPS) is 11.8. The minimum Gasteiger partial charge on any atom is -0.432 e. The van der Waals surface area contributed by atoms with E-state index in [4.69, 9.17) is 14.6 Å². The van der Waals surface area contributed by atoms with Gasteiger partial charge >= 0.3 is 6.18 Å². The molecular formula is C8H11F3N2O3. The summed E-state index contributed by atoms with van der Waals surface area (Å²) in [6.07, 6.45) is -3.35. The van der Waals surface area contributed by atoms with Crippen molar-refractivity contribution in [2.75, 3.05) is 24.6 Å². The number of hydrogen-bond acceptors (Lipinski definition) is 5. The Morgan fingerprint density at radius 3 is 2.50 bits per heavy atom. The SMILES string of the molecule is OCCN(CC(F)(F)F)c1nc(CO)co1. The number of aliphatic hydroxyl groups excluding tert-OH is 2. The Bertz CT molecular complexity index is 327. The van der Waals surface area contributed by atoms with Crippen LogP contribution in [0.3, 0.4) is 0 Å². The number of alkyl halides is 3. The predicted octanol–water partition coefficient (Wildman–Crippen LogP) is 0.528. The maximum atomic E-state index is 12.2. The van der Waals surface area contributed by atoms with Crippen molar-refractivity contribution < 1.29 is 27.8 Å². The van der Waals surface area contributed by atoms with Gasteiger partial charge in [-0.25, -0.2) is 0 Å². The fourth-order valence-electron chi connectivity index (χ4n) is 1.09. The number of rotatable bonds is 5. The van der Waals surface area contributed by atoms with Crippen LogP contribution in [0.5, 0.6) is 0 Å². The molecule has 0 aliphatic carbocycles. The third kappa shape index (κ3) is 3.70. The molecule has 0 fully saturated rings. The van der Waals surface area contributed by atoms with Crippen LogP contribution in [0.2, 0.25) is 0 Å². The van der Waals surface area contributed by atoms with Crippen molar-refractivity contribution in [1.29, 1.82) is 0 Å². The van der Waals surface area contributed by atoms with Crippen LogP contribution in [0.25, 0.3) is 0 Å². The molecule has 8 heteroatoms. The summed E-state index contributed by atoms with van der Waals surface area (Å²) in [4.78, 5) is 4.38. The Balaban J connectivity index is 2.76. The molecular weight excluding hydrogens is 229 g/mol. The molecule has 5 nitrogen and oxygen atoms in total. The van der Waals surface area contributed by atoms with Gasteiger partial charge in [-0.3, -0.25) is 0 Å². The number of hydrogen-bond donors (Lipinski definition) is 2. The number of aromatic nitrogens is 1. The summed E-state index contributed by atoms with van der Waals surface area (Å²) in [5.74, 6) is 0. The first kappa shape index (κ1) is 12.8. The second kappa shape index (κ2) is 5.17. The van der Waals surface area contributed by atoms with Crippen molar-refractivity contribution in [1.82, 2.24) is 4.98 Å². The number of halogens is 3. The van der Waals surface area contributed by atoms with Gasteiger partial charge in [0, 0.05) is 6.54 Å². The lowest BCUT2D eigenvalue weighted by molar-refractivity contribution is -0.120. The standard InChI is InChI=1S/C8H11F3N2O3/c9-8(10,11)5-13(1-2-14)7-12-6(3-15)4-16-7/h4,14-15H,1-3,5H2. The van der Waals surface area contributed by atoms with Gasteiger partial charge in [0.1, 0.15) is 18.5 Å². The second-order valence-electron chi connectivity index (χ2n) is 3.04. The van der Waals surface area contributed by atoms with Crippen LogP contribution in [0, 0.1) is 0 Å². The van der Waals surface area contributed by atoms with E-state index in [1.807, 2.05) is 0 Å². The van der Waals surface area contributed by atoms with E-state index in [1.165, 1.54) is 0 Å². The van der Waals surface area contributed by atoms with Gasteiger partial charge in [-0.1, -0.05) is 0 Å². The Hall–Kier alpha value is -1.28. The Morgan fingerprint density at radius 1 is 1.38 bits per heavy atom. The van der Waals surface area contributed by atoms with Gasteiger partial charge in [0.05, 0.1) is 13.2 Å². The summed E-state index contributed by atoms with van der Waals surface area (Å²) in [5.41, 5.74) is 0.139. The molecule has 2 N–H and O–H groups in total. The molecule has 0 bridgehead atoms. The molecule has 0 unspecified atom stereocenters. The molecule has 1 aromatic rings. The Kier molecular flexibility index (Phi) is 4.13. The van der Waals surface area contributed by atoms with Gasteiger partial charge in [-0.2, -0.15) is 18.2 Å². The summed E-state index contributed by atoms with van der Waals surface area (Å²) in [5, 5.41) is 17.3. The van der Waals surface area contributed by atoms with Crippen LogP contribution in [-0.4, -0.2) is 41.1 Å². The largest absolute Gasteiger partial charge is 0.432 e. The number of oxazole rings is 1. The Morgan fingerprint density at radius 2 is 2.06 bits per heavy atom. The number of aliphatic hydroxyl groups is 2. The highest BCUT2D eigenvalue weighted by atomic mass is 19.4. The first-order chi connectivity index (χ1) is 7.46. The second-order valence-corrected chi connectivity index (χ2v) is 3.04. The molecule has 1 aromatic heterocycles. The summed E-state index contributed by atoms with van der Waals surface area (Å²) >= 11 is 0. The van der Waals surface area contributed by atoms with Crippen LogP contribution < -0.4 is 4.90 Å². The summed E-state index contributed by atoms with van der Waals surface area (Å²) in [6, 6.07) is -0.268. The maximum Gasteiger partial charge on any atom is 0.406 e. The van der Waals surface area contributed by atoms with E-state index >= 15 is 0 Å².